The Balaban J connectivity index is 3.41. The van der Waals surface area contributed by atoms with Crippen molar-refractivity contribution >= 4 is 11.7 Å². The van der Waals surface area contributed by atoms with Gasteiger partial charge in [0, 0.05) is 11.6 Å². The van der Waals surface area contributed by atoms with E-state index in [1.165, 1.54) is 6.92 Å². The van der Waals surface area contributed by atoms with Crippen LogP contribution in [0.2, 0.25) is 0 Å². The highest BCUT2D eigenvalue weighted by Gasteiger charge is 2.25. The zero-order chi connectivity index (χ0) is 11.6. The van der Waals surface area contributed by atoms with E-state index in [0.717, 1.165) is 19.2 Å². The van der Waals surface area contributed by atoms with Crippen molar-refractivity contribution in [2.45, 2.75) is 6.92 Å². The van der Waals surface area contributed by atoms with Crippen LogP contribution in [-0.2, 0) is 4.84 Å². The third kappa shape index (κ3) is 1.93. The molecule has 15 heavy (non-hydrogen) atoms. The molecule has 0 heterocycles. The van der Waals surface area contributed by atoms with Crippen LogP contribution >= 0.6 is 0 Å². The molecule has 1 rings (SSSR count). The van der Waals surface area contributed by atoms with Gasteiger partial charge in [-0.15, -0.1) is 0 Å². The predicted octanol–water partition coefficient (Wildman–Crippen LogP) is 1.80. The summed E-state index contributed by atoms with van der Waals surface area (Å²) >= 11 is 0. The molecule has 1 aromatic carbocycles. The van der Waals surface area contributed by atoms with Gasteiger partial charge < -0.3 is 5.11 Å². The normalized spacial score (nSPS) is 9.80. The van der Waals surface area contributed by atoms with Crippen LogP contribution in [0.25, 0.3) is 0 Å². The highest BCUT2D eigenvalue weighted by molar-refractivity contribution is 5.90. The number of halogens is 1. The first kappa shape index (κ1) is 11.1. The van der Waals surface area contributed by atoms with Crippen LogP contribution in [0, 0.1) is 17.6 Å². The molecule has 0 aliphatic carbocycles. The van der Waals surface area contributed by atoms with Crippen molar-refractivity contribution in [1.82, 2.24) is 0 Å². The third-order valence-electron chi connectivity index (χ3n) is 1.96. The summed E-state index contributed by atoms with van der Waals surface area (Å²) in [6.45, 7) is 1.34. The summed E-state index contributed by atoms with van der Waals surface area (Å²) in [5.41, 5.74) is -0.527. The predicted molar refractivity (Wildman–Crippen MR) is 48.4 cm³/mol. The molecule has 0 amide bonds. The molecule has 1 N–H and O–H groups in total. The smallest absolute Gasteiger partial charge is 0.339 e. The molecule has 0 unspecified atom stereocenters. The molecule has 0 atom stereocenters. The van der Waals surface area contributed by atoms with Crippen LogP contribution < -0.4 is 0 Å². The molecule has 6 heteroatoms. The average Bonchev–Trinajstić information content (AvgIpc) is 2.16. The minimum atomic E-state index is -1.42. The van der Waals surface area contributed by atoms with Crippen molar-refractivity contribution in [3.05, 3.63) is 34.0 Å². The highest BCUT2D eigenvalue weighted by atomic mass is 19.1. The molecular formula is C9H9FNO4+. The van der Waals surface area contributed by atoms with Crippen molar-refractivity contribution in [1.29, 1.82) is 0 Å². The molecule has 0 aromatic heterocycles. The number of nitrogens with zero attached hydrogens (tertiary/aromatic N) is 1. The summed E-state index contributed by atoms with van der Waals surface area (Å²) < 4.78 is 13.1. The fourth-order valence-electron chi connectivity index (χ4n) is 1.23. The Morgan fingerprint density at radius 3 is 2.60 bits per heavy atom. The van der Waals surface area contributed by atoms with Gasteiger partial charge in [0.05, 0.1) is 4.91 Å². The second-order valence-electron chi connectivity index (χ2n) is 2.81. The molecule has 0 saturated carbocycles. The molecule has 0 radical (unpaired) electrons. The van der Waals surface area contributed by atoms with Crippen molar-refractivity contribution in [3.63, 3.8) is 0 Å². The fraction of sp³-hybridized carbons (Fsp3) is 0.222. The van der Waals surface area contributed by atoms with Crippen molar-refractivity contribution in [3.8, 4) is 0 Å². The Kier molecular flexibility index (Phi) is 2.99. The molecule has 0 aliphatic heterocycles. The summed E-state index contributed by atoms with van der Waals surface area (Å²) in [5, 5.41) is 8.72. The minimum Gasteiger partial charge on any atom is -0.478 e. The summed E-state index contributed by atoms with van der Waals surface area (Å²) in [7, 11) is 1.14. The Labute approximate surface area is 84.6 Å². The molecular weight excluding hydrogens is 205 g/mol. The standard InChI is InChI=1S/C9H8FNO4/c1-5-7(11(14)15-2)4-3-6(10)8(5)9(12)13/h3-4H,1-2H3/p+1. The van der Waals surface area contributed by atoms with Gasteiger partial charge in [-0.2, -0.15) is 0 Å². The summed E-state index contributed by atoms with van der Waals surface area (Å²) in [5.74, 6) is -2.30. The van der Waals surface area contributed by atoms with Gasteiger partial charge in [0.2, 0.25) is 0 Å². The average molecular weight is 214 g/mol. The van der Waals surface area contributed by atoms with E-state index < -0.39 is 17.3 Å². The topological polar surface area (TPSA) is 66.6 Å². The van der Waals surface area contributed by atoms with E-state index in [4.69, 9.17) is 5.11 Å². The maximum absolute atomic E-state index is 13.1. The number of hydrogen-bond acceptors (Lipinski definition) is 3. The Hall–Kier alpha value is -1.98. The lowest BCUT2D eigenvalue weighted by Gasteiger charge is -2.01. The van der Waals surface area contributed by atoms with Crippen molar-refractivity contribution in [2.75, 3.05) is 7.11 Å². The number of aromatic carboxylic acids is 1. The van der Waals surface area contributed by atoms with Gasteiger partial charge in [-0.1, -0.05) is 0 Å². The number of carboxylic acids is 1. The van der Waals surface area contributed by atoms with Crippen LogP contribution in [0.15, 0.2) is 12.1 Å². The molecule has 1 aromatic rings. The lowest BCUT2D eigenvalue weighted by molar-refractivity contribution is -0.737. The number of carboxylic acid groups (broad SMARTS) is 1. The van der Waals surface area contributed by atoms with Crippen molar-refractivity contribution < 1.29 is 24.1 Å². The molecule has 5 nitrogen and oxygen atoms in total. The molecule has 0 saturated heterocycles. The van der Waals surface area contributed by atoms with Gasteiger partial charge in [0.15, 0.2) is 7.11 Å². The number of carbonyl (C=O) groups is 1. The lowest BCUT2D eigenvalue weighted by Crippen LogP contribution is -2.08. The lowest BCUT2D eigenvalue weighted by atomic mass is 10.1. The number of hydrogen-bond donors (Lipinski definition) is 1. The molecule has 80 valence electrons. The van der Waals surface area contributed by atoms with Gasteiger partial charge in [-0.05, 0) is 13.0 Å². The Morgan fingerprint density at radius 1 is 1.53 bits per heavy atom. The van der Waals surface area contributed by atoms with Gasteiger partial charge >= 0.3 is 11.7 Å². The van der Waals surface area contributed by atoms with Crippen LogP contribution in [0.1, 0.15) is 15.9 Å². The third-order valence-corrected chi connectivity index (χ3v) is 1.96. The number of rotatable bonds is 3. The molecule has 0 bridgehead atoms. The summed E-state index contributed by atoms with van der Waals surface area (Å²) in [6.07, 6.45) is 0. The maximum atomic E-state index is 13.1. The molecule has 0 spiro atoms. The van der Waals surface area contributed by atoms with Crippen LogP contribution in [0.5, 0.6) is 0 Å². The van der Waals surface area contributed by atoms with E-state index in [2.05, 4.69) is 4.84 Å². The zero-order valence-corrected chi connectivity index (χ0v) is 8.15. The first-order chi connectivity index (χ1) is 6.99. The minimum absolute atomic E-state index is 0.0272. The van der Waals surface area contributed by atoms with E-state index in [9.17, 15) is 14.1 Å². The highest BCUT2D eigenvalue weighted by Crippen LogP contribution is 2.24. The van der Waals surface area contributed by atoms with Crippen molar-refractivity contribution in [2.24, 2.45) is 0 Å². The Morgan fingerprint density at radius 2 is 2.13 bits per heavy atom. The van der Waals surface area contributed by atoms with E-state index in [1.54, 1.807) is 0 Å². The van der Waals surface area contributed by atoms with Gasteiger partial charge in [0.25, 0.3) is 4.92 Å². The SMILES string of the molecule is CO[N+](=O)c1ccc(F)c(C(=O)O)c1C. The Bertz CT molecular complexity index is 430. The van der Waals surface area contributed by atoms with Gasteiger partial charge in [0.1, 0.15) is 11.4 Å². The quantitative estimate of drug-likeness (QED) is 0.779. The monoisotopic (exact) mass is 214 g/mol. The van der Waals surface area contributed by atoms with Crippen LogP contribution in [0.3, 0.4) is 0 Å². The van der Waals surface area contributed by atoms with E-state index in [0.29, 0.717) is 0 Å². The second kappa shape index (κ2) is 4.04. The number of benzene rings is 1. The zero-order valence-electron chi connectivity index (χ0n) is 8.15. The van der Waals surface area contributed by atoms with E-state index in [-0.39, 0.29) is 16.2 Å². The molecule has 0 fully saturated rings. The first-order valence-corrected chi connectivity index (χ1v) is 4.02. The maximum Gasteiger partial charge on any atom is 0.339 e. The largest absolute Gasteiger partial charge is 0.478 e. The van der Waals surface area contributed by atoms with E-state index in [1.807, 2.05) is 0 Å². The second-order valence-corrected chi connectivity index (χ2v) is 2.81. The van der Waals surface area contributed by atoms with E-state index >= 15 is 0 Å². The van der Waals surface area contributed by atoms with Crippen LogP contribution in [-0.4, -0.2) is 23.1 Å². The van der Waals surface area contributed by atoms with Crippen LogP contribution in [0.4, 0.5) is 10.1 Å². The van der Waals surface area contributed by atoms with Gasteiger partial charge in [-0.25, -0.2) is 14.0 Å². The fourth-order valence-corrected chi connectivity index (χ4v) is 1.23. The summed E-state index contributed by atoms with van der Waals surface area (Å²) in [4.78, 5) is 26.3. The summed E-state index contributed by atoms with van der Waals surface area (Å²) in [6, 6.07) is 2.07. The van der Waals surface area contributed by atoms with Gasteiger partial charge in [-0.3, -0.25) is 0 Å². The first-order valence-electron chi connectivity index (χ1n) is 4.02. The molecule has 0 aliphatic rings.